The number of rotatable bonds is 6. The lowest BCUT2D eigenvalue weighted by Gasteiger charge is -2.14. The third-order valence-electron chi connectivity index (χ3n) is 6.32. The predicted molar refractivity (Wildman–Crippen MR) is 134 cm³/mol. The number of hydrogen-bond acceptors (Lipinski definition) is 6. The molecule has 5 rings (SSSR count). The minimum absolute atomic E-state index is 0.414. The van der Waals surface area contributed by atoms with Crippen molar-refractivity contribution >= 4 is 17.7 Å². The van der Waals surface area contributed by atoms with Crippen molar-refractivity contribution < 1.29 is 24.0 Å². The van der Waals surface area contributed by atoms with Gasteiger partial charge < -0.3 is 14.4 Å². The molecule has 0 saturated carbocycles. The van der Waals surface area contributed by atoms with Crippen LogP contribution >= 0.6 is 0 Å². The van der Waals surface area contributed by atoms with Gasteiger partial charge in [-0.25, -0.2) is 4.79 Å². The second-order valence-electron chi connectivity index (χ2n) is 8.70. The standard InChI is InChI=1S/C28H25N3O5/c1-16-24(30-28(34)35-17(2)18-6-4-3-5-7-18)26(36-31-16)20-10-8-19(9-11-20)21-12-13-23-22(14-21)15-29-25(23)27(32)33/h3-14,17,25,29H,15H2,1-2H3,(H,30,34)(H,32,33). The van der Waals surface area contributed by atoms with E-state index in [0.717, 1.165) is 33.4 Å². The van der Waals surface area contributed by atoms with Crippen LogP contribution in [0.4, 0.5) is 10.5 Å². The predicted octanol–water partition coefficient (Wildman–Crippen LogP) is 5.86. The Labute approximate surface area is 207 Å². The molecule has 0 radical (unpaired) electrons. The number of hydrogen-bond donors (Lipinski definition) is 3. The average Bonchev–Trinajstić information content (AvgIpc) is 3.48. The van der Waals surface area contributed by atoms with E-state index in [1.54, 1.807) is 6.92 Å². The maximum Gasteiger partial charge on any atom is 0.412 e. The SMILES string of the molecule is Cc1noc(-c2ccc(-c3ccc4c(c3)CNC4C(=O)O)cc2)c1NC(=O)OC(C)c1ccccc1. The minimum Gasteiger partial charge on any atom is -0.480 e. The molecule has 0 fully saturated rings. The molecule has 8 heteroatoms. The van der Waals surface area contributed by atoms with E-state index < -0.39 is 24.2 Å². The number of benzene rings is 3. The normalized spacial score (nSPS) is 15.2. The van der Waals surface area contributed by atoms with Crippen LogP contribution < -0.4 is 10.6 Å². The second-order valence-corrected chi connectivity index (χ2v) is 8.70. The Kier molecular flexibility index (Phi) is 6.26. The number of ether oxygens (including phenoxy) is 1. The van der Waals surface area contributed by atoms with Crippen molar-refractivity contribution in [2.45, 2.75) is 32.5 Å². The van der Waals surface area contributed by atoms with Crippen LogP contribution in [-0.4, -0.2) is 22.3 Å². The summed E-state index contributed by atoms with van der Waals surface area (Å²) in [5.41, 5.74) is 6.37. The molecule has 1 amide bonds. The Bertz CT molecular complexity index is 1410. The maximum atomic E-state index is 12.6. The average molecular weight is 484 g/mol. The Morgan fingerprint density at radius 3 is 2.47 bits per heavy atom. The molecule has 182 valence electrons. The highest BCUT2D eigenvalue weighted by atomic mass is 16.6. The zero-order chi connectivity index (χ0) is 25.2. The summed E-state index contributed by atoms with van der Waals surface area (Å²) in [5.74, 6) is -0.443. The van der Waals surface area contributed by atoms with E-state index in [9.17, 15) is 14.7 Å². The summed E-state index contributed by atoms with van der Waals surface area (Å²) < 4.78 is 11.1. The van der Waals surface area contributed by atoms with Gasteiger partial charge in [-0.1, -0.05) is 71.9 Å². The molecule has 0 aliphatic carbocycles. The van der Waals surface area contributed by atoms with Gasteiger partial charge in [0.25, 0.3) is 0 Å². The first-order valence-corrected chi connectivity index (χ1v) is 11.6. The van der Waals surface area contributed by atoms with Crippen molar-refractivity contribution in [2.75, 3.05) is 5.32 Å². The van der Waals surface area contributed by atoms with Crippen molar-refractivity contribution in [3.8, 4) is 22.5 Å². The van der Waals surface area contributed by atoms with E-state index in [1.807, 2.05) is 79.7 Å². The molecule has 1 aromatic heterocycles. The summed E-state index contributed by atoms with van der Waals surface area (Å²) in [6, 6.07) is 22.3. The van der Waals surface area contributed by atoms with Crippen molar-refractivity contribution in [3.05, 3.63) is 95.2 Å². The third kappa shape index (κ3) is 4.58. The molecule has 0 spiro atoms. The molecule has 3 aromatic carbocycles. The maximum absolute atomic E-state index is 12.6. The number of amides is 1. The van der Waals surface area contributed by atoms with Crippen molar-refractivity contribution in [2.24, 2.45) is 0 Å². The Morgan fingerprint density at radius 2 is 1.75 bits per heavy atom. The number of carboxylic acids is 1. The molecule has 1 aliphatic rings. The molecule has 0 saturated heterocycles. The molecule has 2 heterocycles. The molecule has 2 atom stereocenters. The molecule has 36 heavy (non-hydrogen) atoms. The zero-order valence-corrected chi connectivity index (χ0v) is 19.8. The van der Waals surface area contributed by atoms with Gasteiger partial charge in [-0.05, 0) is 47.7 Å². The summed E-state index contributed by atoms with van der Waals surface area (Å²) in [6.45, 7) is 4.08. The van der Waals surface area contributed by atoms with Crippen molar-refractivity contribution in [3.63, 3.8) is 0 Å². The van der Waals surface area contributed by atoms with Gasteiger partial charge in [0.15, 0.2) is 5.76 Å². The quantitative estimate of drug-likeness (QED) is 0.315. The van der Waals surface area contributed by atoms with E-state index in [1.165, 1.54) is 0 Å². The fourth-order valence-corrected chi connectivity index (χ4v) is 4.37. The number of aryl methyl sites for hydroxylation is 1. The number of carbonyl (C=O) groups excluding carboxylic acids is 1. The van der Waals surface area contributed by atoms with Crippen LogP contribution in [0.15, 0.2) is 77.3 Å². The number of nitrogens with zero attached hydrogens (tertiary/aromatic N) is 1. The molecular formula is C28H25N3O5. The first-order valence-electron chi connectivity index (χ1n) is 11.6. The molecule has 2 unspecified atom stereocenters. The van der Waals surface area contributed by atoms with Gasteiger partial charge in [0, 0.05) is 12.1 Å². The molecule has 1 aliphatic heterocycles. The van der Waals surface area contributed by atoms with Crippen LogP contribution in [0.3, 0.4) is 0 Å². The first-order chi connectivity index (χ1) is 17.4. The molecule has 8 nitrogen and oxygen atoms in total. The van der Waals surface area contributed by atoms with Gasteiger partial charge >= 0.3 is 12.1 Å². The van der Waals surface area contributed by atoms with Crippen molar-refractivity contribution in [1.82, 2.24) is 10.5 Å². The summed E-state index contributed by atoms with van der Waals surface area (Å²) in [7, 11) is 0. The number of aliphatic carboxylic acids is 1. The number of fused-ring (bicyclic) bond motifs is 1. The lowest BCUT2D eigenvalue weighted by molar-refractivity contribution is -0.139. The van der Waals surface area contributed by atoms with Crippen LogP contribution in [0, 0.1) is 6.92 Å². The number of nitrogens with one attached hydrogen (secondary N) is 2. The van der Waals surface area contributed by atoms with E-state index in [2.05, 4.69) is 15.8 Å². The lowest BCUT2D eigenvalue weighted by atomic mass is 9.97. The smallest absolute Gasteiger partial charge is 0.412 e. The lowest BCUT2D eigenvalue weighted by Crippen LogP contribution is -2.21. The number of aromatic nitrogens is 1. The molecule has 0 bridgehead atoms. The highest BCUT2D eigenvalue weighted by Gasteiger charge is 2.28. The Morgan fingerprint density at radius 1 is 1.06 bits per heavy atom. The van der Waals surface area contributed by atoms with Gasteiger partial charge in [0.1, 0.15) is 23.5 Å². The Hall–Kier alpha value is -4.43. The summed E-state index contributed by atoms with van der Waals surface area (Å²) >= 11 is 0. The van der Waals surface area contributed by atoms with E-state index in [0.29, 0.717) is 23.7 Å². The fourth-order valence-electron chi connectivity index (χ4n) is 4.37. The van der Waals surface area contributed by atoms with Gasteiger partial charge in [-0.15, -0.1) is 0 Å². The van der Waals surface area contributed by atoms with Gasteiger partial charge in [0.05, 0.1) is 0 Å². The monoisotopic (exact) mass is 483 g/mol. The van der Waals surface area contributed by atoms with Gasteiger partial charge in [-0.2, -0.15) is 0 Å². The number of carboxylic acid groups (broad SMARTS) is 1. The van der Waals surface area contributed by atoms with Gasteiger partial charge in [-0.3, -0.25) is 15.4 Å². The third-order valence-corrected chi connectivity index (χ3v) is 6.32. The van der Waals surface area contributed by atoms with E-state index in [-0.39, 0.29) is 0 Å². The topological polar surface area (TPSA) is 114 Å². The van der Waals surface area contributed by atoms with Crippen molar-refractivity contribution in [1.29, 1.82) is 0 Å². The number of carbonyl (C=O) groups is 2. The van der Waals surface area contributed by atoms with Crippen LogP contribution in [0.2, 0.25) is 0 Å². The van der Waals surface area contributed by atoms with Crippen LogP contribution in [-0.2, 0) is 16.1 Å². The van der Waals surface area contributed by atoms with Gasteiger partial charge in [0.2, 0.25) is 0 Å². The largest absolute Gasteiger partial charge is 0.480 e. The minimum atomic E-state index is -0.879. The number of anilines is 1. The van der Waals surface area contributed by atoms with E-state index in [4.69, 9.17) is 9.26 Å². The molecular weight excluding hydrogens is 458 g/mol. The summed E-state index contributed by atoms with van der Waals surface area (Å²) in [5, 5.41) is 19.2. The summed E-state index contributed by atoms with van der Waals surface area (Å²) in [4.78, 5) is 24.0. The molecule has 4 aromatic rings. The highest BCUT2D eigenvalue weighted by molar-refractivity contribution is 5.91. The fraction of sp³-hybridized carbons (Fsp3) is 0.179. The van der Waals surface area contributed by atoms with E-state index >= 15 is 0 Å². The zero-order valence-electron chi connectivity index (χ0n) is 19.8. The molecule has 3 N–H and O–H groups in total. The van der Waals surface area contributed by atoms with Crippen LogP contribution in [0.5, 0.6) is 0 Å². The van der Waals surface area contributed by atoms with Crippen LogP contribution in [0.25, 0.3) is 22.5 Å². The highest BCUT2D eigenvalue weighted by Crippen LogP contribution is 2.34. The Balaban J connectivity index is 1.32. The summed E-state index contributed by atoms with van der Waals surface area (Å²) in [6.07, 6.45) is -1.01. The first kappa shape index (κ1) is 23.3. The second kappa shape index (κ2) is 9.67. The van der Waals surface area contributed by atoms with Crippen LogP contribution in [0.1, 0.15) is 41.5 Å².